The number of rotatable bonds is 30. The highest BCUT2D eigenvalue weighted by molar-refractivity contribution is 7.80. The van der Waals surface area contributed by atoms with Crippen LogP contribution in [-0.2, 0) is 74.2 Å². The van der Waals surface area contributed by atoms with Gasteiger partial charge in [-0.15, -0.1) is 0 Å². The summed E-state index contributed by atoms with van der Waals surface area (Å²) < 4.78 is 0. The summed E-state index contributed by atoms with van der Waals surface area (Å²) >= 11 is 12.5. The van der Waals surface area contributed by atoms with Crippen LogP contribution in [0.25, 0.3) is 0 Å². The van der Waals surface area contributed by atoms with Crippen LogP contribution < -0.4 is 49.1 Å². The minimum absolute atomic E-state index is 0.398. The lowest BCUT2D eigenvalue weighted by atomic mass is 9.74. The molecule has 68 heavy (non-hydrogen) atoms. The van der Waals surface area contributed by atoms with Crippen LogP contribution in [0.1, 0.15) is 55.2 Å². The van der Waals surface area contributed by atoms with E-state index in [2.05, 4.69) is 53.8 Å². The Balaban J connectivity index is 4.99. The first-order valence-corrected chi connectivity index (χ1v) is 21.2. The topological polar surface area (TPSA) is 517 Å². The maximum atomic E-state index is 14.6. The van der Waals surface area contributed by atoms with Gasteiger partial charge in [-0.3, -0.25) is 57.5 Å². The minimum Gasteiger partial charge on any atom is -0.508 e. The summed E-state index contributed by atoms with van der Waals surface area (Å²) in [4.78, 5) is 154. The molecular weight excluding hydrogens is 975 g/mol. The molecule has 6 amide bonds. The monoisotopic (exact) mass is 1030 g/mol. The van der Waals surface area contributed by atoms with Gasteiger partial charge in [-0.1, -0.05) is 0 Å². The predicted octanol–water partition coefficient (Wildman–Crippen LogP) is -6.00. The fraction of sp³-hybridized carbons (Fsp3) is 0.500. The van der Waals surface area contributed by atoms with Gasteiger partial charge in [0.2, 0.25) is 17.7 Å². The van der Waals surface area contributed by atoms with E-state index in [1.807, 2.05) is 16.0 Å². The Morgan fingerprint density at radius 3 is 1.04 bits per heavy atom. The normalized spacial score (nSPS) is 14.9. The summed E-state index contributed by atoms with van der Waals surface area (Å²) in [6, 6.07) is -4.73. The summed E-state index contributed by atoms with van der Waals surface area (Å²) in [5, 5.41) is 93.4. The number of phenolic OH excluding ortho intramolecular Hbond substituents is 2. The molecule has 0 fully saturated rings. The fourth-order valence-corrected chi connectivity index (χ4v) is 7.33. The molecule has 378 valence electrons. The van der Waals surface area contributed by atoms with Crippen molar-refractivity contribution in [1.29, 1.82) is 0 Å². The first kappa shape index (κ1) is 59.4. The first-order valence-electron chi connectivity index (χ1n) is 19.3. The second-order valence-electron chi connectivity index (χ2n) is 14.6. The number of hydrogen-bond donors (Lipinski definition) is 20. The Hall–Kier alpha value is -6.61. The molecule has 32 heteroatoms. The Labute approximate surface area is 399 Å². The molecular formula is C36H51N9O20S3. The van der Waals surface area contributed by atoms with E-state index in [0.717, 1.165) is 0 Å². The van der Waals surface area contributed by atoms with Crippen LogP contribution in [0.4, 0.5) is 0 Å². The summed E-state index contributed by atoms with van der Waals surface area (Å²) in [7, 11) is 0. The van der Waals surface area contributed by atoms with Crippen molar-refractivity contribution in [1.82, 2.24) is 31.9 Å². The molecule has 0 aliphatic heterocycles. The molecule has 0 aromatic heterocycles. The number of carbonyl (C=O) groups excluding carboxylic acids is 6. The lowest BCUT2D eigenvalue weighted by Gasteiger charge is -2.42. The molecule has 0 bridgehead atoms. The van der Waals surface area contributed by atoms with Crippen molar-refractivity contribution < 1.29 is 98.4 Å². The van der Waals surface area contributed by atoms with E-state index in [4.69, 9.17) is 17.2 Å². The maximum absolute atomic E-state index is 14.6. The van der Waals surface area contributed by atoms with Crippen LogP contribution in [0, 0.1) is 0 Å². The highest BCUT2D eigenvalue weighted by Crippen LogP contribution is 2.49. The van der Waals surface area contributed by atoms with Gasteiger partial charge in [0.1, 0.15) is 49.3 Å². The molecule has 1 aromatic carbocycles. The van der Waals surface area contributed by atoms with Crippen LogP contribution in [-0.4, -0.2) is 167 Å². The first-order chi connectivity index (χ1) is 31.5. The zero-order chi connectivity index (χ0) is 52.5. The highest BCUT2D eigenvalue weighted by Gasteiger charge is 2.55. The van der Waals surface area contributed by atoms with Crippen LogP contribution in [0.2, 0.25) is 0 Å². The van der Waals surface area contributed by atoms with Crippen molar-refractivity contribution in [3.05, 3.63) is 22.8 Å². The third kappa shape index (κ3) is 15.2. The van der Waals surface area contributed by atoms with Crippen LogP contribution in [0.5, 0.6) is 11.5 Å². The SMILES string of the molecule is N[C@@H](CCC(=O)N[C@](CS)(C(=O)NCC(=O)O)c1cc(O)c([C@](CS)(NC(=O)CC[C@H](N)C(=O)O)C(=O)NCC(=O)O)c([C@](CS)(NC(=O)CC[C@H](N)C(=O)O)C(=O)NCC(=O)O)c1O)C(=O)O. The Morgan fingerprint density at radius 1 is 0.485 bits per heavy atom. The van der Waals surface area contributed by atoms with Crippen molar-refractivity contribution >= 4 is 109 Å². The fourth-order valence-electron chi connectivity index (χ4n) is 6.17. The second kappa shape index (κ2) is 26.1. The van der Waals surface area contributed by atoms with Crippen molar-refractivity contribution in [2.75, 3.05) is 36.9 Å². The van der Waals surface area contributed by atoms with Gasteiger partial charge in [-0.2, -0.15) is 37.9 Å². The summed E-state index contributed by atoms with van der Waals surface area (Å²) in [5.74, 6) is -25.4. The zero-order valence-electron chi connectivity index (χ0n) is 35.3. The minimum atomic E-state index is -3.26. The zero-order valence-corrected chi connectivity index (χ0v) is 38.0. The lowest BCUT2D eigenvalue weighted by molar-refractivity contribution is -0.141. The third-order valence-corrected chi connectivity index (χ3v) is 11.1. The van der Waals surface area contributed by atoms with E-state index < -0.39 is 210 Å². The average molecular weight is 1030 g/mol. The van der Waals surface area contributed by atoms with Gasteiger partial charge < -0.3 is 90.0 Å². The number of nitrogens with two attached hydrogens (primary N) is 3. The number of aliphatic carboxylic acids is 6. The van der Waals surface area contributed by atoms with E-state index in [1.54, 1.807) is 0 Å². The van der Waals surface area contributed by atoms with Gasteiger partial charge in [0.15, 0.2) is 16.6 Å². The maximum Gasteiger partial charge on any atom is 0.322 e. The number of carbonyl (C=O) groups is 12. The molecule has 0 saturated heterocycles. The van der Waals surface area contributed by atoms with E-state index in [0.29, 0.717) is 6.07 Å². The number of carboxylic acids is 6. The molecule has 0 aliphatic rings. The lowest BCUT2D eigenvalue weighted by Crippen LogP contribution is -2.63. The van der Waals surface area contributed by atoms with Gasteiger partial charge in [-0.25, -0.2) is 0 Å². The molecule has 29 nitrogen and oxygen atoms in total. The molecule has 0 heterocycles. The number of amides is 6. The second-order valence-corrected chi connectivity index (χ2v) is 15.5. The van der Waals surface area contributed by atoms with Crippen molar-refractivity contribution in [3.63, 3.8) is 0 Å². The molecule has 0 saturated carbocycles. The molecule has 1 aromatic rings. The predicted molar refractivity (Wildman–Crippen MR) is 237 cm³/mol. The van der Waals surface area contributed by atoms with Gasteiger partial charge in [0, 0.05) is 53.2 Å². The number of benzene rings is 1. The van der Waals surface area contributed by atoms with Gasteiger partial charge >= 0.3 is 35.8 Å². The molecule has 20 N–H and O–H groups in total. The quantitative estimate of drug-likeness (QED) is 0.0252. The Kier molecular flexibility index (Phi) is 22.8. The standard InChI is InChI=1S/C36H51N9O20S3/c37-15(28(57)58)1-4-19(47)43-34(11-66,31(63)40-8-22(50)51)14-7-18(46)25(35(12-67,32(64)41-9-23(52)53)44-20(48)5-2-16(38)29(59)60)26(27(14)56)36(13-68,33(65)42-10-24(54)55)45-21(49)6-3-17(39)30(61)62/h7,15-17,46,56,66-68H,1-6,8-13,37-39H2,(H,40,63)(H,41,64)(H,42,65)(H,43,47)(H,44,48)(H,45,49)(H,50,51)(H,52,53)(H,54,55)(H,57,58)(H,59,60)(H,61,62)/t15-,16-,17-,34-,35-,36-/m0/s1. The number of carboxylic acid groups (broad SMARTS) is 6. The molecule has 0 radical (unpaired) electrons. The largest absolute Gasteiger partial charge is 0.508 e. The van der Waals surface area contributed by atoms with Crippen LogP contribution in [0.3, 0.4) is 0 Å². The number of phenols is 2. The number of thiol groups is 3. The molecule has 0 aliphatic carbocycles. The number of aromatic hydroxyl groups is 2. The molecule has 6 atom stereocenters. The van der Waals surface area contributed by atoms with E-state index in [1.165, 1.54) is 0 Å². The number of hydrogen-bond acceptors (Lipinski definition) is 20. The van der Waals surface area contributed by atoms with Gasteiger partial charge in [0.05, 0.1) is 0 Å². The summed E-state index contributed by atoms with van der Waals surface area (Å²) in [6.45, 7) is -3.84. The average Bonchev–Trinajstić information content (AvgIpc) is 3.27. The Bertz CT molecular complexity index is 2170. The van der Waals surface area contributed by atoms with Gasteiger partial charge in [0.25, 0.3) is 17.7 Å². The smallest absolute Gasteiger partial charge is 0.322 e. The molecule has 0 unspecified atom stereocenters. The number of nitrogens with one attached hydrogen (secondary N) is 6. The molecule has 1 rings (SSSR count). The van der Waals surface area contributed by atoms with Crippen molar-refractivity contribution in [2.24, 2.45) is 17.2 Å². The van der Waals surface area contributed by atoms with Crippen molar-refractivity contribution in [3.8, 4) is 11.5 Å². The highest BCUT2D eigenvalue weighted by atomic mass is 32.1. The van der Waals surface area contributed by atoms with Crippen LogP contribution >= 0.6 is 37.9 Å². The Morgan fingerprint density at radius 2 is 0.765 bits per heavy atom. The van der Waals surface area contributed by atoms with E-state index in [-0.39, 0.29) is 0 Å². The van der Waals surface area contributed by atoms with E-state index in [9.17, 15) is 98.4 Å². The van der Waals surface area contributed by atoms with Crippen molar-refractivity contribution in [2.45, 2.75) is 73.3 Å². The molecule has 0 spiro atoms. The summed E-state index contributed by atoms with van der Waals surface area (Å²) in [5.41, 5.74) is 3.50. The van der Waals surface area contributed by atoms with Gasteiger partial charge in [-0.05, 0) is 25.3 Å². The van der Waals surface area contributed by atoms with Crippen LogP contribution in [0.15, 0.2) is 6.07 Å². The van der Waals surface area contributed by atoms with E-state index >= 15 is 0 Å². The summed E-state index contributed by atoms with van der Waals surface area (Å²) in [6.07, 6.45) is -4.61. The third-order valence-electron chi connectivity index (χ3n) is 9.72.